The zero-order valence-corrected chi connectivity index (χ0v) is 22.5. The topological polar surface area (TPSA) is 40.5 Å². The number of fused-ring (bicyclic) bond motifs is 5. The molecule has 1 unspecified atom stereocenters. The molecule has 1 N–H and O–H groups in total. The summed E-state index contributed by atoms with van der Waals surface area (Å²) in [5.41, 5.74) is 2.49. The number of hydrogen-bond acceptors (Lipinski definition) is 2. The third kappa shape index (κ3) is 4.31. The molecule has 4 fully saturated rings. The van der Waals surface area contributed by atoms with Crippen LogP contribution in [-0.2, 0) is 4.79 Å². The Kier molecular flexibility index (Phi) is 6.99. The van der Waals surface area contributed by atoms with Gasteiger partial charge in [-0.15, -0.1) is 0 Å². The Morgan fingerprint density at radius 1 is 1.09 bits per heavy atom. The highest BCUT2D eigenvalue weighted by Crippen LogP contribution is 2.67. The van der Waals surface area contributed by atoms with E-state index in [0.29, 0.717) is 22.7 Å². The summed E-state index contributed by atoms with van der Waals surface area (Å²) in [6, 6.07) is 0. The lowest BCUT2D eigenvalue weighted by atomic mass is 9.47. The lowest BCUT2D eigenvalue weighted by molar-refractivity contribution is -0.128. The SMILES string of the molecule is CC(CCC[C@@H](C)[C@H]1CC[C@H]2[C@@H]3CC=C4C[C@@H](O)CC[C@]4(C)[C@H]3CC[C@]12C)CN1CCCC1=O. The Bertz CT molecular complexity index is 790. The van der Waals surface area contributed by atoms with Gasteiger partial charge in [0.2, 0.25) is 5.91 Å². The third-order valence-corrected chi connectivity index (χ3v) is 11.9. The van der Waals surface area contributed by atoms with Crippen LogP contribution in [-0.4, -0.2) is 35.1 Å². The van der Waals surface area contributed by atoms with E-state index in [4.69, 9.17) is 0 Å². The Morgan fingerprint density at radius 2 is 1.91 bits per heavy atom. The molecule has 5 aliphatic rings. The van der Waals surface area contributed by atoms with Crippen molar-refractivity contribution in [3.63, 3.8) is 0 Å². The summed E-state index contributed by atoms with van der Waals surface area (Å²) in [6.07, 6.45) is 18.4. The molecule has 34 heavy (non-hydrogen) atoms. The molecule has 0 spiro atoms. The largest absolute Gasteiger partial charge is 0.393 e. The van der Waals surface area contributed by atoms with Gasteiger partial charge in [-0.2, -0.15) is 0 Å². The lowest BCUT2D eigenvalue weighted by Crippen LogP contribution is -2.50. The fourth-order valence-electron chi connectivity index (χ4n) is 9.97. The third-order valence-electron chi connectivity index (χ3n) is 11.9. The van der Waals surface area contributed by atoms with Crippen molar-refractivity contribution in [2.24, 2.45) is 46.3 Å². The van der Waals surface area contributed by atoms with Crippen molar-refractivity contribution >= 4 is 5.91 Å². The monoisotopic (exact) mass is 469 g/mol. The number of carbonyl (C=O) groups is 1. The molecule has 3 saturated carbocycles. The van der Waals surface area contributed by atoms with Crippen molar-refractivity contribution in [1.82, 2.24) is 4.90 Å². The average molecular weight is 470 g/mol. The van der Waals surface area contributed by atoms with Gasteiger partial charge in [-0.05, 0) is 111 Å². The van der Waals surface area contributed by atoms with E-state index in [2.05, 4.69) is 38.7 Å². The number of aliphatic hydroxyl groups excluding tert-OH is 1. The zero-order valence-electron chi connectivity index (χ0n) is 22.5. The van der Waals surface area contributed by atoms with Crippen LogP contribution in [0.3, 0.4) is 0 Å². The average Bonchev–Trinajstić information content (AvgIpc) is 3.36. The molecule has 9 atom stereocenters. The number of nitrogens with zero attached hydrogens (tertiary/aromatic N) is 1. The molecule has 1 saturated heterocycles. The minimum Gasteiger partial charge on any atom is -0.393 e. The highest BCUT2D eigenvalue weighted by molar-refractivity contribution is 5.78. The smallest absolute Gasteiger partial charge is 0.222 e. The lowest BCUT2D eigenvalue weighted by Gasteiger charge is -2.58. The second-order valence-electron chi connectivity index (χ2n) is 13.8. The highest BCUT2D eigenvalue weighted by atomic mass is 16.3. The van der Waals surface area contributed by atoms with Gasteiger partial charge in [-0.25, -0.2) is 0 Å². The number of aliphatic hydroxyl groups is 1. The van der Waals surface area contributed by atoms with Gasteiger partial charge in [0.1, 0.15) is 0 Å². The number of carbonyl (C=O) groups excluding carboxylic acids is 1. The predicted molar refractivity (Wildman–Crippen MR) is 139 cm³/mol. The molecule has 0 radical (unpaired) electrons. The summed E-state index contributed by atoms with van der Waals surface area (Å²) in [6.45, 7) is 12.1. The summed E-state index contributed by atoms with van der Waals surface area (Å²) in [5.74, 6) is 5.35. The van der Waals surface area contributed by atoms with E-state index in [1.54, 1.807) is 5.57 Å². The van der Waals surface area contributed by atoms with Crippen LogP contribution in [0.25, 0.3) is 0 Å². The van der Waals surface area contributed by atoms with E-state index in [1.165, 1.54) is 57.8 Å². The van der Waals surface area contributed by atoms with E-state index in [-0.39, 0.29) is 6.10 Å². The molecular weight excluding hydrogens is 418 g/mol. The summed E-state index contributed by atoms with van der Waals surface area (Å²) >= 11 is 0. The van der Waals surface area contributed by atoms with Crippen molar-refractivity contribution in [3.05, 3.63) is 11.6 Å². The molecule has 1 amide bonds. The van der Waals surface area contributed by atoms with E-state index >= 15 is 0 Å². The van der Waals surface area contributed by atoms with Crippen molar-refractivity contribution in [2.75, 3.05) is 13.1 Å². The summed E-state index contributed by atoms with van der Waals surface area (Å²) in [4.78, 5) is 14.1. The highest BCUT2D eigenvalue weighted by Gasteiger charge is 2.59. The summed E-state index contributed by atoms with van der Waals surface area (Å²) < 4.78 is 0. The molecule has 0 aromatic rings. The van der Waals surface area contributed by atoms with E-state index < -0.39 is 0 Å². The second-order valence-corrected chi connectivity index (χ2v) is 13.8. The first-order valence-corrected chi connectivity index (χ1v) is 14.9. The number of amides is 1. The van der Waals surface area contributed by atoms with Crippen LogP contribution in [0.2, 0.25) is 0 Å². The molecular formula is C31H51NO2. The van der Waals surface area contributed by atoms with E-state index in [1.807, 2.05) is 0 Å². The normalized spacial score (nSPS) is 43.7. The fraction of sp³-hybridized carbons (Fsp3) is 0.903. The van der Waals surface area contributed by atoms with Crippen molar-refractivity contribution in [1.29, 1.82) is 0 Å². The van der Waals surface area contributed by atoms with Gasteiger partial charge in [-0.3, -0.25) is 4.79 Å². The molecule has 5 rings (SSSR count). The molecule has 1 heterocycles. The second kappa shape index (κ2) is 9.56. The Morgan fingerprint density at radius 3 is 2.68 bits per heavy atom. The minimum absolute atomic E-state index is 0.0972. The number of hydrogen-bond donors (Lipinski definition) is 1. The molecule has 0 bridgehead atoms. The van der Waals surface area contributed by atoms with Gasteiger partial charge < -0.3 is 10.0 Å². The van der Waals surface area contributed by atoms with Gasteiger partial charge >= 0.3 is 0 Å². The van der Waals surface area contributed by atoms with Crippen LogP contribution in [0.15, 0.2) is 11.6 Å². The molecule has 192 valence electrons. The molecule has 1 aliphatic heterocycles. The summed E-state index contributed by atoms with van der Waals surface area (Å²) in [7, 11) is 0. The van der Waals surface area contributed by atoms with Gasteiger partial charge in [0.15, 0.2) is 0 Å². The standard InChI is InChI=1S/C31H51NO2/c1-21(20-32-18-6-9-29(32)34)7-5-8-22(2)26-12-13-27-25-11-10-23-19-24(33)14-16-30(23,3)28(25)15-17-31(26,27)4/h10,21-22,24-28,33H,5-9,11-20H2,1-4H3/t21?,22-,24+,25+,26-,27+,28+,30+,31-/m1/s1. The molecule has 3 nitrogen and oxygen atoms in total. The molecule has 3 heteroatoms. The van der Waals surface area contributed by atoms with Gasteiger partial charge in [-0.1, -0.05) is 52.2 Å². The molecule has 0 aromatic carbocycles. The van der Waals surface area contributed by atoms with Gasteiger partial charge in [0.25, 0.3) is 0 Å². The quantitative estimate of drug-likeness (QED) is 0.408. The minimum atomic E-state index is -0.0972. The van der Waals surface area contributed by atoms with Crippen molar-refractivity contribution < 1.29 is 9.90 Å². The number of allylic oxidation sites excluding steroid dienone is 1. The van der Waals surface area contributed by atoms with E-state index in [0.717, 1.165) is 68.4 Å². The van der Waals surface area contributed by atoms with E-state index in [9.17, 15) is 9.90 Å². The fourth-order valence-corrected chi connectivity index (χ4v) is 9.97. The Hall–Kier alpha value is -0.830. The predicted octanol–water partition coefficient (Wildman–Crippen LogP) is 6.99. The molecule has 0 aromatic heterocycles. The van der Waals surface area contributed by atoms with Crippen LogP contribution in [0.5, 0.6) is 0 Å². The van der Waals surface area contributed by atoms with Crippen LogP contribution in [0.1, 0.15) is 111 Å². The maximum absolute atomic E-state index is 12.0. The maximum atomic E-state index is 12.0. The van der Waals surface area contributed by atoms with Crippen LogP contribution >= 0.6 is 0 Å². The van der Waals surface area contributed by atoms with Crippen molar-refractivity contribution in [3.8, 4) is 0 Å². The van der Waals surface area contributed by atoms with Crippen molar-refractivity contribution in [2.45, 2.75) is 117 Å². The first kappa shape index (κ1) is 24.8. The van der Waals surface area contributed by atoms with Crippen LogP contribution in [0, 0.1) is 46.3 Å². The molecule has 4 aliphatic carbocycles. The summed E-state index contributed by atoms with van der Waals surface area (Å²) in [5, 5.41) is 10.3. The first-order chi connectivity index (χ1) is 16.2. The van der Waals surface area contributed by atoms with Gasteiger partial charge in [0.05, 0.1) is 6.10 Å². The number of likely N-dealkylation sites (tertiary alicyclic amines) is 1. The van der Waals surface area contributed by atoms with Gasteiger partial charge in [0, 0.05) is 19.5 Å². The van der Waals surface area contributed by atoms with Crippen LogP contribution in [0.4, 0.5) is 0 Å². The number of rotatable bonds is 7. The Balaban J connectivity index is 1.17. The Labute approximate surface area is 209 Å². The zero-order chi connectivity index (χ0) is 24.1. The maximum Gasteiger partial charge on any atom is 0.222 e. The van der Waals surface area contributed by atoms with Crippen LogP contribution < -0.4 is 0 Å². The first-order valence-electron chi connectivity index (χ1n) is 14.9.